The van der Waals surface area contributed by atoms with Gasteiger partial charge in [-0.2, -0.15) is 0 Å². The number of hydrogen-bond acceptors (Lipinski definition) is 4. The molecule has 3 N–H and O–H groups in total. The van der Waals surface area contributed by atoms with E-state index in [1.54, 1.807) is 4.90 Å². The van der Waals surface area contributed by atoms with E-state index in [0.717, 1.165) is 0 Å². The molecule has 0 saturated carbocycles. The lowest BCUT2D eigenvalue weighted by atomic mass is 10.5. The number of ether oxygens (including phenoxy) is 2. The molecule has 15 heavy (non-hydrogen) atoms. The Labute approximate surface area is 90.6 Å². The Balaban J connectivity index is 3.85. The van der Waals surface area contributed by atoms with Crippen LogP contribution in [0.5, 0.6) is 0 Å². The van der Waals surface area contributed by atoms with Crippen molar-refractivity contribution in [1.29, 1.82) is 0 Å². The molecule has 0 bridgehead atoms. The molecule has 0 aliphatic heterocycles. The molecule has 6 heteroatoms. The minimum Gasteiger partial charge on any atom is -0.408 e. The van der Waals surface area contributed by atoms with Gasteiger partial charge in [0.15, 0.2) is 0 Å². The Hall–Kier alpha value is -1.01. The first-order valence-corrected chi connectivity index (χ1v) is 5.14. The lowest BCUT2D eigenvalue weighted by Gasteiger charge is -2.22. The third-order valence-corrected chi connectivity index (χ3v) is 1.85. The summed E-state index contributed by atoms with van der Waals surface area (Å²) in [5.74, 6) is 0.0920. The molecule has 6 nitrogen and oxygen atoms in total. The van der Waals surface area contributed by atoms with E-state index in [9.17, 15) is 0 Å². The van der Waals surface area contributed by atoms with E-state index in [0.29, 0.717) is 39.5 Å². The third-order valence-electron chi connectivity index (χ3n) is 1.85. The molecule has 0 unspecified atom stereocenters. The zero-order valence-electron chi connectivity index (χ0n) is 9.48. The Morgan fingerprint density at radius 1 is 1.20 bits per heavy atom. The Bertz CT molecular complexity index is 166. The van der Waals surface area contributed by atoms with Crippen molar-refractivity contribution < 1.29 is 14.7 Å². The summed E-state index contributed by atoms with van der Waals surface area (Å²) in [5.41, 5.74) is 5.50. The van der Waals surface area contributed by atoms with Crippen molar-refractivity contribution >= 4 is 5.96 Å². The molecular weight excluding hydrogens is 198 g/mol. The maximum absolute atomic E-state index is 8.56. The molecule has 0 atom stereocenters. The summed E-state index contributed by atoms with van der Waals surface area (Å²) in [5, 5.41) is 11.5. The van der Waals surface area contributed by atoms with E-state index in [1.807, 2.05) is 13.8 Å². The average molecular weight is 219 g/mol. The molecule has 0 rings (SSSR count). The smallest absolute Gasteiger partial charge is 0.233 e. The Morgan fingerprint density at radius 3 is 2.00 bits per heavy atom. The molecule has 0 spiro atoms. The van der Waals surface area contributed by atoms with Crippen LogP contribution in [0.15, 0.2) is 5.16 Å². The van der Waals surface area contributed by atoms with Crippen molar-refractivity contribution in [2.75, 3.05) is 39.5 Å². The second-order valence-corrected chi connectivity index (χ2v) is 2.84. The maximum atomic E-state index is 8.56. The van der Waals surface area contributed by atoms with Gasteiger partial charge in [0, 0.05) is 26.3 Å². The molecule has 0 heterocycles. The fourth-order valence-electron chi connectivity index (χ4n) is 1.04. The minimum atomic E-state index is 0.0920. The van der Waals surface area contributed by atoms with Crippen molar-refractivity contribution in [1.82, 2.24) is 4.90 Å². The highest BCUT2D eigenvalue weighted by molar-refractivity contribution is 5.77. The second kappa shape index (κ2) is 9.54. The Kier molecular flexibility index (Phi) is 8.90. The van der Waals surface area contributed by atoms with Gasteiger partial charge in [0.25, 0.3) is 0 Å². The standard InChI is InChI=1S/C9H21N3O3/c1-3-14-7-5-12(9(10)11-13)6-8-15-4-2/h13H,3-8H2,1-2H3,(H2,10,11). The fraction of sp³-hybridized carbons (Fsp3) is 0.889. The van der Waals surface area contributed by atoms with Crippen LogP contribution in [0.4, 0.5) is 0 Å². The van der Waals surface area contributed by atoms with Crippen LogP contribution in [0.2, 0.25) is 0 Å². The fourth-order valence-corrected chi connectivity index (χ4v) is 1.04. The van der Waals surface area contributed by atoms with Gasteiger partial charge in [-0.25, -0.2) is 0 Å². The van der Waals surface area contributed by atoms with Crippen molar-refractivity contribution in [2.45, 2.75) is 13.8 Å². The topological polar surface area (TPSA) is 80.3 Å². The molecule has 90 valence electrons. The molecule has 0 saturated heterocycles. The normalized spacial score (nSPS) is 11.7. The lowest BCUT2D eigenvalue weighted by molar-refractivity contribution is 0.105. The summed E-state index contributed by atoms with van der Waals surface area (Å²) < 4.78 is 10.4. The molecular formula is C9H21N3O3. The van der Waals surface area contributed by atoms with Crippen LogP contribution in [0.1, 0.15) is 13.8 Å². The highest BCUT2D eigenvalue weighted by Crippen LogP contribution is 1.90. The van der Waals surface area contributed by atoms with Crippen LogP contribution < -0.4 is 5.73 Å². The number of hydrogen-bond donors (Lipinski definition) is 2. The van der Waals surface area contributed by atoms with Crippen LogP contribution in [-0.4, -0.2) is 55.6 Å². The summed E-state index contributed by atoms with van der Waals surface area (Å²) in [7, 11) is 0. The van der Waals surface area contributed by atoms with Gasteiger partial charge in [0.05, 0.1) is 13.2 Å². The number of rotatable bonds is 8. The Morgan fingerprint density at radius 2 is 1.67 bits per heavy atom. The number of nitrogens with two attached hydrogens (primary N) is 1. The maximum Gasteiger partial charge on any atom is 0.233 e. The van der Waals surface area contributed by atoms with E-state index in [-0.39, 0.29) is 5.96 Å². The van der Waals surface area contributed by atoms with Crippen molar-refractivity contribution in [2.24, 2.45) is 10.9 Å². The number of nitrogens with zero attached hydrogens (tertiary/aromatic N) is 2. The zero-order chi connectivity index (χ0) is 11.5. The first kappa shape index (κ1) is 14.0. The van der Waals surface area contributed by atoms with Gasteiger partial charge in [-0.15, -0.1) is 0 Å². The highest BCUT2D eigenvalue weighted by atomic mass is 16.5. The summed E-state index contributed by atoms with van der Waals surface area (Å²) in [6, 6.07) is 0. The van der Waals surface area contributed by atoms with Gasteiger partial charge < -0.3 is 25.3 Å². The predicted octanol–water partition coefficient (Wildman–Crippen LogP) is 0.0653. The van der Waals surface area contributed by atoms with Crippen LogP contribution in [0.3, 0.4) is 0 Å². The van der Waals surface area contributed by atoms with Crippen LogP contribution in [0.25, 0.3) is 0 Å². The van der Waals surface area contributed by atoms with E-state index >= 15 is 0 Å². The van der Waals surface area contributed by atoms with E-state index in [4.69, 9.17) is 20.4 Å². The molecule has 0 radical (unpaired) electrons. The molecule has 0 amide bonds. The summed E-state index contributed by atoms with van der Waals surface area (Å²) >= 11 is 0. The predicted molar refractivity (Wildman–Crippen MR) is 58.0 cm³/mol. The van der Waals surface area contributed by atoms with Crippen molar-refractivity contribution in [3.8, 4) is 0 Å². The van der Waals surface area contributed by atoms with Gasteiger partial charge in [-0.1, -0.05) is 5.16 Å². The second-order valence-electron chi connectivity index (χ2n) is 2.84. The van der Waals surface area contributed by atoms with Gasteiger partial charge in [-0.3, -0.25) is 0 Å². The first-order valence-electron chi connectivity index (χ1n) is 5.14. The summed E-state index contributed by atoms with van der Waals surface area (Å²) in [6.07, 6.45) is 0. The van der Waals surface area contributed by atoms with E-state index < -0.39 is 0 Å². The van der Waals surface area contributed by atoms with Gasteiger partial charge in [-0.05, 0) is 13.8 Å². The molecule has 0 aromatic carbocycles. The van der Waals surface area contributed by atoms with Gasteiger partial charge in [0.2, 0.25) is 5.96 Å². The first-order chi connectivity index (χ1) is 7.26. The monoisotopic (exact) mass is 219 g/mol. The van der Waals surface area contributed by atoms with Crippen LogP contribution in [-0.2, 0) is 9.47 Å². The number of guanidine groups is 1. The molecule has 0 aromatic rings. The average Bonchev–Trinajstić information content (AvgIpc) is 2.26. The summed E-state index contributed by atoms with van der Waals surface area (Å²) in [4.78, 5) is 1.71. The molecule has 0 aliphatic carbocycles. The minimum absolute atomic E-state index is 0.0920. The van der Waals surface area contributed by atoms with Gasteiger partial charge in [0.1, 0.15) is 0 Å². The molecule has 0 aliphatic rings. The quantitative estimate of drug-likeness (QED) is 0.198. The number of oxime groups is 1. The summed E-state index contributed by atoms with van der Waals surface area (Å²) in [6.45, 7) is 7.47. The molecule has 0 fully saturated rings. The highest BCUT2D eigenvalue weighted by Gasteiger charge is 2.07. The van der Waals surface area contributed by atoms with E-state index in [2.05, 4.69) is 5.16 Å². The van der Waals surface area contributed by atoms with Crippen molar-refractivity contribution in [3.63, 3.8) is 0 Å². The van der Waals surface area contributed by atoms with Gasteiger partial charge >= 0.3 is 0 Å². The largest absolute Gasteiger partial charge is 0.408 e. The van der Waals surface area contributed by atoms with Crippen molar-refractivity contribution in [3.05, 3.63) is 0 Å². The van der Waals surface area contributed by atoms with Crippen LogP contribution >= 0.6 is 0 Å². The zero-order valence-corrected chi connectivity index (χ0v) is 9.48. The van der Waals surface area contributed by atoms with Crippen LogP contribution in [0, 0.1) is 0 Å². The molecule has 0 aromatic heterocycles. The SMILES string of the molecule is CCOCCN(CCOCC)C(N)=NO. The van der Waals surface area contributed by atoms with E-state index in [1.165, 1.54) is 0 Å². The third kappa shape index (κ3) is 6.98. The lowest BCUT2D eigenvalue weighted by Crippen LogP contribution is -2.41.